The molecule has 2 N–H and O–H groups in total. The zero-order valence-corrected chi connectivity index (χ0v) is 16.0. The van der Waals surface area contributed by atoms with Gasteiger partial charge in [0.25, 0.3) is 0 Å². The van der Waals surface area contributed by atoms with Crippen LogP contribution in [-0.4, -0.2) is 33.0 Å². The van der Waals surface area contributed by atoms with Crippen LogP contribution in [0.3, 0.4) is 0 Å². The van der Waals surface area contributed by atoms with E-state index in [0.29, 0.717) is 16.4 Å². The van der Waals surface area contributed by atoms with Crippen LogP contribution in [0.1, 0.15) is 6.42 Å². The van der Waals surface area contributed by atoms with Crippen molar-refractivity contribution in [1.82, 2.24) is 0 Å². The van der Waals surface area contributed by atoms with Gasteiger partial charge < -0.3 is 10.2 Å². The molecule has 7 nitrogen and oxygen atoms in total. The van der Waals surface area contributed by atoms with E-state index in [1.54, 1.807) is 53.4 Å². The quantitative estimate of drug-likeness (QED) is 0.796. The smallest absolute Gasteiger partial charge is 0.229 e. The van der Waals surface area contributed by atoms with Gasteiger partial charge in [-0.05, 0) is 36.4 Å². The molecule has 3 rings (SSSR count). The summed E-state index contributed by atoms with van der Waals surface area (Å²) in [5, 5.41) is 3.28. The summed E-state index contributed by atoms with van der Waals surface area (Å²) in [6.45, 7) is 0.244. The van der Waals surface area contributed by atoms with Crippen molar-refractivity contribution in [2.45, 2.75) is 6.42 Å². The molecule has 0 saturated carbocycles. The molecule has 1 atom stereocenters. The molecule has 0 radical (unpaired) electrons. The van der Waals surface area contributed by atoms with Crippen molar-refractivity contribution in [2.24, 2.45) is 5.92 Å². The first-order chi connectivity index (χ1) is 12.7. The van der Waals surface area contributed by atoms with Crippen molar-refractivity contribution in [3.63, 3.8) is 0 Å². The van der Waals surface area contributed by atoms with Gasteiger partial charge in [-0.25, -0.2) is 8.42 Å². The third-order valence-corrected chi connectivity index (χ3v) is 4.96. The molecule has 0 bridgehead atoms. The second kappa shape index (κ2) is 7.58. The van der Waals surface area contributed by atoms with E-state index in [9.17, 15) is 18.0 Å². The second-order valence-corrected chi connectivity index (χ2v) is 8.48. The normalized spacial score (nSPS) is 17.0. The molecule has 1 saturated heterocycles. The van der Waals surface area contributed by atoms with Gasteiger partial charge in [-0.1, -0.05) is 23.7 Å². The van der Waals surface area contributed by atoms with Crippen molar-refractivity contribution in [3.8, 4) is 0 Å². The van der Waals surface area contributed by atoms with Crippen LogP contribution < -0.4 is 14.9 Å². The summed E-state index contributed by atoms with van der Waals surface area (Å²) in [5.41, 5.74) is 1.29. The molecule has 2 aromatic carbocycles. The molecule has 9 heteroatoms. The number of nitrogens with zero attached hydrogens (tertiary/aromatic N) is 1. The van der Waals surface area contributed by atoms with Crippen LogP contribution >= 0.6 is 11.6 Å². The molecule has 0 aromatic heterocycles. The topological polar surface area (TPSA) is 95.6 Å². The number of carbonyl (C=O) groups is 2. The van der Waals surface area contributed by atoms with Gasteiger partial charge in [0.15, 0.2) is 0 Å². The van der Waals surface area contributed by atoms with Crippen molar-refractivity contribution < 1.29 is 18.0 Å². The number of sulfonamides is 1. The Kier molecular flexibility index (Phi) is 5.38. The molecule has 27 heavy (non-hydrogen) atoms. The van der Waals surface area contributed by atoms with Crippen molar-refractivity contribution in [2.75, 3.05) is 27.7 Å². The van der Waals surface area contributed by atoms with Gasteiger partial charge in [-0.2, -0.15) is 0 Å². The number of rotatable bonds is 5. The molecule has 1 fully saturated rings. The number of halogens is 1. The summed E-state index contributed by atoms with van der Waals surface area (Å²) in [6.07, 6.45) is 1.11. The highest BCUT2D eigenvalue weighted by Crippen LogP contribution is 2.28. The first kappa shape index (κ1) is 19.2. The fraction of sp³-hybridized carbons (Fsp3) is 0.222. The van der Waals surface area contributed by atoms with E-state index < -0.39 is 15.9 Å². The minimum Gasteiger partial charge on any atom is -0.324 e. The lowest BCUT2D eigenvalue weighted by molar-refractivity contribution is -0.122. The highest BCUT2D eigenvalue weighted by molar-refractivity contribution is 7.92. The van der Waals surface area contributed by atoms with Gasteiger partial charge in [0.1, 0.15) is 0 Å². The van der Waals surface area contributed by atoms with E-state index in [2.05, 4.69) is 10.0 Å². The summed E-state index contributed by atoms with van der Waals surface area (Å²) in [6, 6.07) is 13.3. The summed E-state index contributed by atoms with van der Waals surface area (Å²) in [4.78, 5) is 26.5. The number of hydrogen-bond acceptors (Lipinski definition) is 4. The Morgan fingerprint density at radius 3 is 2.37 bits per heavy atom. The van der Waals surface area contributed by atoms with E-state index in [1.807, 2.05) is 0 Å². The average Bonchev–Trinajstić information content (AvgIpc) is 2.98. The lowest BCUT2D eigenvalue weighted by Gasteiger charge is -2.17. The Balaban J connectivity index is 1.73. The Morgan fingerprint density at radius 1 is 1.11 bits per heavy atom. The molecule has 2 amide bonds. The third kappa shape index (κ3) is 4.78. The van der Waals surface area contributed by atoms with Crippen LogP contribution in [0.5, 0.6) is 0 Å². The fourth-order valence-corrected chi connectivity index (χ4v) is 3.57. The Labute approximate surface area is 162 Å². The van der Waals surface area contributed by atoms with Gasteiger partial charge >= 0.3 is 0 Å². The summed E-state index contributed by atoms with van der Waals surface area (Å²) in [7, 11) is -3.49. The van der Waals surface area contributed by atoms with Crippen LogP contribution in [0.4, 0.5) is 17.1 Å². The highest BCUT2D eigenvalue weighted by Gasteiger charge is 2.35. The van der Waals surface area contributed by atoms with Crippen LogP contribution in [0, 0.1) is 5.92 Å². The molecule has 0 aliphatic carbocycles. The Morgan fingerprint density at radius 2 is 1.74 bits per heavy atom. The molecule has 1 aliphatic heterocycles. The molecule has 0 spiro atoms. The standard InChI is InChI=1S/C18H18ClN3O4S/c1-27(25,26)21-16-5-3-2-4-15(16)20-18(24)12-10-17(23)22(11-12)14-8-6-13(19)7-9-14/h2-9,12,21H,10-11H2,1H3,(H,20,24). The molecule has 142 valence electrons. The van der Waals surface area contributed by atoms with E-state index in [0.717, 1.165) is 6.26 Å². The van der Waals surface area contributed by atoms with Gasteiger partial charge in [-0.3, -0.25) is 14.3 Å². The van der Waals surface area contributed by atoms with Gasteiger partial charge in [0, 0.05) is 23.7 Å². The molecular formula is C18H18ClN3O4S. The monoisotopic (exact) mass is 407 g/mol. The van der Waals surface area contributed by atoms with Gasteiger partial charge in [0.2, 0.25) is 21.8 Å². The number of carbonyl (C=O) groups excluding carboxylic acids is 2. The van der Waals surface area contributed by atoms with Crippen molar-refractivity contribution in [1.29, 1.82) is 0 Å². The first-order valence-corrected chi connectivity index (χ1v) is 10.4. The fourth-order valence-electron chi connectivity index (χ4n) is 2.87. The SMILES string of the molecule is CS(=O)(=O)Nc1ccccc1NC(=O)C1CC(=O)N(c2ccc(Cl)cc2)C1. The molecule has 1 aliphatic rings. The summed E-state index contributed by atoms with van der Waals surface area (Å²) < 4.78 is 25.3. The number of hydrogen-bond donors (Lipinski definition) is 2. The van der Waals surface area contributed by atoms with Crippen LogP contribution in [-0.2, 0) is 19.6 Å². The largest absolute Gasteiger partial charge is 0.324 e. The second-order valence-electron chi connectivity index (χ2n) is 6.29. The maximum absolute atomic E-state index is 12.6. The van der Waals surface area contributed by atoms with E-state index in [-0.39, 0.29) is 30.5 Å². The molecule has 1 unspecified atom stereocenters. The maximum Gasteiger partial charge on any atom is 0.229 e. The van der Waals surface area contributed by atoms with Crippen LogP contribution in [0.2, 0.25) is 5.02 Å². The summed E-state index contributed by atoms with van der Waals surface area (Å²) in [5.74, 6) is -1.04. The third-order valence-electron chi connectivity index (χ3n) is 4.11. The summed E-state index contributed by atoms with van der Waals surface area (Å²) >= 11 is 5.87. The highest BCUT2D eigenvalue weighted by atomic mass is 35.5. The predicted octanol–water partition coefficient (Wildman–Crippen LogP) is 2.70. The van der Waals surface area contributed by atoms with Gasteiger partial charge in [0.05, 0.1) is 23.5 Å². The Hall–Kier alpha value is -2.58. The molecular weight excluding hydrogens is 390 g/mol. The minimum absolute atomic E-state index is 0.0795. The number of para-hydroxylation sites is 2. The van der Waals surface area contributed by atoms with E-state index in [4.69, 9.17) is 11.6 Å². The van der Waals surface area contributed by atoms with E-state index >= 15 is 0 Å². The lowest BCUT2D eigenvalue weighted by Crippen LogP contribution is -2.28. The van der Waals surface area contributed by atoms with Crippen LogP contribution in [0.25, 0.3) is 0 Å². The van der Waals surface area contributed by atoms with Crippen molar-refractivity contribution >= 4 is 50.5 Å². The van der Waals surface area contributed by atoms with Crippen LogP contribution in [0.15, 0.2) is 48.5 Å². The number of amides is 2. The Bertz CT molecular complexity index is 976. The number of benzene rings is 2. The predicted molar refractivity (Wildman–Crippen MR) is 105 cm³/mol. The zero-order valence-electron chi connectivity index (χ0n) is 14.5. The molecule has 2 aromatic rings. The number of anilines is 3. The van der Waals surface area contributed by atoms with Crippen molar-refractivity contribution in [3.05, 3.63) is 53.6 Å². The first-order valence-electron chi connectivity index (χ1n) is 8.16. The van der Waals surface area contributed by atoms with Gasteiger partial charge in [-0.15, -0.1) is 0 Å². The minimum atomic E-state index is -3.49. The lowest BCUT2D eigenvalue weighted by atomic mass is 10.1. The number of nitrogens with one attached hydrogen (secondary N) is 2. The molecule has 1 heterocycles. The average molecular weight is 408 g/mol. The maximum atomic E-state index is 12.6. The van der Waals surface area contributed by atoms with E-state index in [1.165, 1.54) is 0 Å². The zero-order chi connectivity index (χ0) is 19.6.